The Kier molecular flexibility index (Phi) is 2.45. The normalized spacial score (nSPS) is 11.6. The molecule has 0 aliphatic carbocycles. The van der Waals surface area contributed by atoms with Crippen molar-refractivity contribution in [1.82, 2.24) is 4.68 Å². The number of nitrogens with zero attached hydrogens (tertiary/aromatic N) is 2. The topological polar surface area (TPSA) is 17.3 Å². The van der Waals surface area contributed by atoms with Crippen molar-refractivity contribution in [2.45, 2.75) is 6.92 Å². The largest absolute Gasteiger partial charge is 0.248 e. The molecule has 2 heteroatoms. The van der Waals surface area contributed by atoms with Crippen molar-refractivity contribution in [2.24, 2.45) is 5.10 Å². The van der Waals surface area contributed by atoms with Crippen molar-refractivity contribution in [3.05, 3.63) is 60.4 Å². The van der Waals surface area contributed by atoms with Crippen LogP contribution in [0.2, 0.25) is 0 Å². The first-order chi connectivity index (χ1) is 6.86. The van der Waals surface area contributed by atoms with Gasteiger partial charge in [0.25, 0.3) is 0 Å². The molecule has 2 rings (SSSR count). The molecular weight excluding hydrogens is 172 g/mol. The third kappa shape index (κ3) is 1.91. The fraction of sp³-hybridized carbons (Fsp3) is 0.0833. The molecule has 2 aromatic rings. The van der Waals surface area contributed by atoms with Gasteiger partial charge in [0.05, 0.1) is 5.71 Å². The number of benzene rings is 1. The van der Waals surface area contributed by atoms with Gasteiger partial charge in [-0.2, -0.15) is 5.10 Å². The van der Waals surface area contributed by atoms with Crippen LogP contribution in [0.5, 0.6) is 0 Å². The summed E-state index contributed by atoms with van der Waals surface area (Å²) in [5, 5.41) is 4.42. The molecule has 0 saturated heterocycles. The summed E-state index contributed by atoms with van der Waals surface area (Å²) < 4.78 is 1.81. The summed E-state index contributed by atoms with van der Waals surface area (Å²) in [5.74, 6) is 0. The summed E-state index contributed by atoms with van der Waals surface area (Å²) in [6.45, 7) is 2.01. The van der Waals surface area contributed by atoms with Gasteiger partial charge < -0.3 is 0 Å². The van der Waals surface area contributed by atoms with Gasteiger partial charge in [0, 0.05) is 12.4 Å². The first-order valence-electron chi connectivity index (χ1n) is 4.60. The Morgan fingerprint density at radius 2 is 1.64 bits per heavy atom. The fourth-order valence-electron chi connectivity index (χ4n) is 1.30. The molecule has 14 heavy (non-hydrogen) atoms. The zero-order chi connectivity index (χ0) is 9.80. The van der Waals surface area contributed by atoms with Crippen molar-refractivity contribution in [2.75, 3.05) is 0 Å². The lowest BCUT2D eigenvalue weighted by atomic mass is 10.1. The highest BCUT2D eigenvalue weighted by molar-refractivity contribution is 5.98. The molecule has 0 unspecified atom stereocenters. The highest BCUT2D eigenvalue weighted by Gasteiger charge is 1.94. The lowest BCUT2D eigenvalue weighted by molar-refractivity contribution is 0.886. The first-order valence-corrected chi connectivity index (χ1v) is 4.60. The molecule has 1 aromatic heterocycles. The van der Waals surface area contributed by atoms with Crippen molar-refractivity contribution in [3.8, 4) is 0 Å². The molecule has 0 saturated carbocycles. The summed E-state index contributed by atoms with van der Waals surface area (Å²) in [7, 11) is 0. The Morgan fingerprint density at radius 1 is 1.00 bits per heavy atom. The number of aromatic nitrogens is 1. The summed E-state index contributed by atoms with van der Waals surface area (Å²) in [6, 6.07) is 14.1. The standard InChI is InChI=1S/C12H12N2/c1-11(12-7-3-2-4-8-12)13-14-9-5-6-10-14/h2-10H,1H3/b13-11-. The second-order valence-electron chi connectivity index (χ2n) is 3.11. The van der Waals surface area contributed by atoms with Gasteiger partial charge in [0.2, 0.25) is 0 Å². The van der Waals surface area contributed by atoms with E-state index in [0.717, 1.165) is 11.3 Å². The smallest absolute Gasteiger partial charge is 0.0654 e. The highest BCUT2D eigenvalue weighted by Crippen LogP contribution is 2.01. The van der Waals surface area contributed by atoms with E-state index < -0.39 is 0 Å². The van der Waals surface area contributed by atoms with Gasteiger partial charge in [0.15, 0.2) is 0 Å². The summed E-state index contributed by atoms with van der Waals surface area (Å²) >= 11 is 0. The maximum absolute atomic E-state index is 4.42. The van der Waals surface area contributed by atoms with E-state index in [-0.39, 0.29) is 0 Å². The van der Waals surface area contributed by atoms with Crippen LogP contribution in [0.3, 0.4) is 0 Å². The predicted molar refractivity (Wildman–Crippen MR) is 58.5 cm³/mol. The molecular formula is C12H12N2. The third-order valence-corrected chi connectivity index (χ3v) is 2.05. The molecule has 0 aliphatic rings. The van der Waals surface area contributed by atoms with E-state index in [9.17, 15) is 0 Å². The van der Waals surface area contributed by atoms with Gasteiger partial charge in [-0.3, -0.25) is 0 Å². The Balaban J connectivity index is 2.29. The first kappa shape index (κ1) is 8.75. The van der Waals surface area contributed by atoms with Crippen LogP contribution in [-0.4, -0.2) is 10.4 Å². The highest BCUT2D eigenvalue weighted by atomic mass is 15.3. The van der Waals surface area contributed by atoms with Crippen LogP contribution in [0, 0.1) is 0 Å². The Morgan fingerprint density at radius 3 is 2.29 bits per heavy atom. The second-order valence-corrected chi connectivity index (χ2v) is 3.11. The molecule has 70 valence electrons. The second kappa shape index (κ2) is 3.92. The lowest BCUT2D eigenvalue weighted by Gasteiger charge is -2.00. The van der Waals surface area contributed by atoms with Crippen molar-refractivity contribution < 1.29 is 0 Å². The number of hydrogen-bond acceptors (Lipinski definition) is 1. The zero-order valence-electron chi connectivity index (χ0n) is 8.09. The van der Waals surface area contributed by atoms with Crippen LogP contribution < -0.4 is 0 Å². The van der Waals surface area contributed by atoms with Crippen LogP contribution in [0.1, 0.15) is 12.5 Å². The van der Waals surface area contributed by atoms with Crippen LogP contribution in [-0.2, 0) is 0 Å². The third-order valence-electron chi connectivity index (χ3n) is 2.05. The van der Waals surface area contributed by atoms with E-state index >= 15 is 0 Å². The van der Waals surface area contributed by atoms with Crippen LogP contribution >= 0.6 is 0 Å². The van der Waals surface area contributed by atoms with Gasteiger partial charge in [-0.05, 0) is 24.6 Å². The number of hydrogen-bond donors (Lipinski definition) is 0. The Labute approximate surface area is 83.5 Å². The Hall–Kier alpha value is -1.83. The van der Waals surface area contributed by atoms with Crippen molar-refractivity contribution >= 4 is 5.71 Å². The van der Waals surface area contributed by atoms with E-state index in [1.807, 2.05) is 54.3 Å². The minimum atomic E-state index is 1.02. The maximum Gasteiger partial charge on any atom is 0.0654 e. The number of rotatable bonds is 2. The molecule has 0 atom stereocenters. The lowest BCUT2D eigenvalue weighted by Crippen LogP contribution is -1.97. The molecule has 0 radical (unpaired) electrons. The SMILES string of the molecule is C/C(=N/n1cccc1)c1ccccc1. The quantitative estimate of drug-likeness (QED) is 0.638. The fourth-order valence-corrected chi connectivity index (χ4v) is 1.30. The molecule has 0 fully saturated rings. The van der Waals surface area contributed by atoms with E-state index in [1.54, 1.807) is 0 Å². The summed E-state index contributed by atoms with van der Waals surface area (Å²) in [4.78, 5) is 0. The molecule has 2 nitrogen and oxygen atoms in total. The van der Waals surface area contributed by atoms with Crippen LogP contribution in [0.4, 0.5) is 0 Å². The predicted octanol–water partition coefficient (Wildman–Crippen LogP) is 2.76. The molecule has 1 aromatic carbocycles. The summed E-state index contributed by atoms with van der Waals surface area (Å²) in [6.07, 6.45) is 3.85. The Bertz CT molecular complexity index is 413. The van der Waals surface area contributed by atoms with Crippen molar-refractivity contribution in [3.63, 3.8) is 0 Å². The minimum absolute atomic E-state index is 1.02. The van der Waals surface area contributed by atoms with Crippen molar-refractivity contribution in [1.29, 1.82) is 0 Å². The van der Waals surface area contributed by atoms with Gasteiger partial charge in [0.1, 0.15) is 0 Å². The monoisotopic (exact) mass is 184 g/mol. The van der Waals surface area contributed by atoms with E-state index in [4.69, 9.17) is 0 Å². The molecule has 0 bridgehead atoms. The average Bonchev–Trinajstić information content (AvgIpc) is 2.72. The van der Waals surface area contributed by atoms with Crippen LogP contribution in [0.15, 0.2) is 60.0 Å². The van der Waals surface area contributed by atoms with E-state index in [2.05, 4.69) is 17.2 Å². The zero-order valence-corrected chi connectivity index (χ0v) is 8.09. The molecule has 0 spiro atoms. The molecule has 0 amide bonds. The maximum atomic E-state index is 4.42. The molecule has 0 aliphatic heterocycles. The average molecular weight is 184 g/mol. The molecule has 1 heterocycles. The van der Waals surface area contributed by atoms with E-state index in [0.29, 0.717) is 0 Å². The van der Waals surface area contributed by atoms with Crippen LogP contribution in [0.25, 0.3) is 0 Å². The van der Waals surface area contributed by atoms with Gasteiger partial charge in [-0.15, -0.1) is 0 Å². The van der Waals surface area contributed by atoms with Gasteiger partial charge in [-0.25, -0.2) is 4.68 Å². The van der Waals surface area contributed by atoms with Gasteiger partial charge in [-0.1, -0.05) is 30.3 Å². The minimum Gasteiger partial charge on any atom is -0.248 e. The van der Waals surface area contributed by atoms with E-state index in [1.165, 1.54) is 0 Å². The summed E-state index contributed by atoms with van der Waals surface area (Å²) in [5.41, 5.74) is 2.17. The van der Waals surface area contributed by atoms with Gasteiger partial charge >= 0.3 is 0 Å². The molecule has 0 N–H and O–H groups in total.